The van der Waals surface area contributed by atoms with E-state index in [2.05, 4.69) is 33.4 Å². The second-order valence-corrected chi connectivity index (χ2v) is 6.85. The number of carbonyl (C=O) groups is 1. The van der Waals surface area contributed by atoms with Crippen LogP contribution in [0.1, 0.15) is 18.9 Å². The summed E-state index contributed by atoms with van der Waals surface area (Å²) in [7, 11) is 1.72. The maximum atomic E-state index is 12.2. The highest BCUT2D eigenvalue weighted by Gasteiger charge is 2.46. The predicted octanol–water partition coefficient (Wildman–Crippen LogP) is 2.60. The van der Waals surface area contributed by atoms with Crippen molar-refractivity contribution in [1.82, 2.24) is 25.2 Å². The van der Waals surface area contributed by atoms with Crippen molar-refractivity contribution in [3.8, 4) is 22.6 Å². The van der Waals surface area contributed by atoms with Crippen LogP contribution in [0.4, 0.5) is 10.5 Å². The van der Waals surface area contributed by atoms with Gasteiger partial charge in [0.15, 0.2) is 0 Å². The Bertz CT molecular complexity index is 1030. The third kappa shape index (κ3) is 2.48. The number of hydrogen-bond acceptors (Lipinski definition) is 6. The van der Waals surface area contributed by atoms with E-state index in [0.717, 1.165) is 29.7 Å². The van der Waals surface area contributed by atoms with Crippen molar-refractivity contribution in [2.24, 2.45) is 7.05 Å². The Kier molecular flexibility index (Phi) is 3.46. The summed E-state index contributed by atoms with van der Waals surface area (Å²) in [5, 5.41) is 12.0. The summed E-state index contributed by atoms with van der Waals surface area (Å²) < 4.78 is 5.46. The van der Waals surface area contributed by atoms with Gasteiger partial charge in [-0.25, -0.2) is 4.79 Å². The summed E-state index contributed by atoms with van der Waals surface area (Å²) in [5.74, 6) is 0.503. The van der Waals surface area contributed by atoms with Crippen LogP contribution < -0.4 is 4.90 Å². The van der Waals surface area contributed by atoms with E-state index in [9.17, 15) is 4.79 Å². The van der Waals surface area contributed by atoms with Crippen LogP contribution in [-0.4, -0.2) is 43.4 Å². The third-order valence-corrected chi connectivity index (χ3v) is 5.21. The highest BCUT2D eigenvalue weighted by atomic mass is 16.6. The van der Waals surface area contributed by atoms with Crippen molar-refractivity contribution < 1.29 is 9.53 Å². The highest BCUT2D eigenvalue weighted by molar-refractivity contribution is 5.94. The maximum Gasteiger partial charge on any atom is 0.415 e. The van der Waals surface area contributed by atoms with Crippen molar-refractivity contribution in [3.05, 3.63) is 42.1 Å². The lowest BCUT2D eigenvalue weighted by Gasteiger charge is -2.15. The molecule has 0 bridgehead atoms. The zero-order valence-corrected chi connectivity index (χ0v) is 15.0. The van der Waals surface area contributed by atoms with Gasteiger partial charge in [-0.1, -0.05) is 19.1 Å². The standard InChI is InChI=1S/C19H18N6O2/c1-3-17-16-9-13-8-11(5-7-15(13)25(16)19(26)27-17)12-4-6-14(20-10-12)18-21-23-24(2)22-18/h4-8,10,16-17H,3,9H2,1-2H3. The monoisotopic (exact) mass is 362 g/mol. The molecular weight excluding hydrogens is 344 g/mol. The van der Waals surface area contributed by atoms with Crippen molar-refractivity contribution in [1.29, 1.82) is 0 Å². The van der Waals surface area contributed by atoms with Crippen LogP contribution in [0.3, 0.4) is 0 Å². The fourth-order valence-electron chi connectivity index (χ4n) is 3.89. The topological polar surface area (TPSA) is 86.0 Å². The first-order valence-electron chi connectivity index (χ1n) is 8.97. The largest absolute Gasteiger partial charge is 0.444 e. The Morgan fingerprint density at radius 1 is 1.22 bits per heavy atom. The summed E-state index contributed by atoms with van der Waals surface area (Å²) in [6, 6.07) is 10.2. The molecule has 1 amide bonds. The molecule has 0 N–H and O–H groups in total. The molecule has 2 aliphatic rings. The van der Waals surface area contributed by atoms with E-state index in [-0.39, 0.29) is 18.2 Å². The zero-order valence-electron chi connectivity index (χ0n) is 15.0. The van der Waals surface area contributed by atoms with Gasteiger partial charge < -0.3 is 4.74 Å². The minimum atomic E-state index is -0.235. The number of ether oxygens (including phenoxy) is 1. The molecule has 2 aliphatic heterocycles. The molecule has 8 heteroatoms. The summed E-state index contributed by atoms with van der Waals surface area (Å²) in [4.78, 5) is 19.9. The van der Waals surface area contributed by atoms with E-state index >= 15 is 0 Å². The number of cyclic esters (lactones) is 1. The van der Waals surface area contributed by atoms with Crippen LogP contribution >= 0.6 is 0 Å². The van der Waals surface area contributed by atoms with Gasteiger partial charge in [-0.3, -0.25) is 9.88 Å². The lowest BCUT2D eigenvalue weighted by atomic mass is 10.00. The van der Waals surface area contributed by atoms with Crippen LogP contribution in [-0.2, 0) is 18.2 Å². The molecule has 1 aromatic carbocycles. The zero-order chi connectivity index (χ0) is 18.5. The van der Waals surface area contributed by atoms with Gasteiger partial charge >= 0.3 is 6.09 Å². The average Bonchev–Trinajstić information content (AvgIpc) is 3.36. The van der Waals surface area contributed by atoms with Gasteiger partial charge in [0.05, 0.1) is 18.8 Å². The number of tetrazole rings is 1. The highest BCUT2D eigenvalue weighted by Crippen LogP contribution is 2.41. The van der Waals surface area contributed by atoms with E-state index in [4.69, 9.17) is 4.74 Å². The number of pyridine rings is 1. The first kappa shape index (κ1) is 15.9. The average molecular weight is 362 g/mol. The van der Waals surface area contributed by atoms with Gasteiger partial charge in [0.25, 0.3) is 0 Å². The first-order chi connectivity index (χ1) is 13.1. The Morgan fingerprint density at radius 2 is 2.07 bits per heavy atom. The molecule has 2 unspecified atom stereocenters. The van der Waals surface area contributed by atoms with Gasteiger partial charge in [0.2, 0.25) is 5.82 Å². The van der Waals surface area contributed by atoms with E-state index in [0.29, 0.717) is 11.5 Å². The second-order valence-electron chi connectivity index (χ2n) is 6.85. The molecular formula is C19H18N6O2. The molecule has 0 radical (unpaired) electrons. The van der Waals surface area contributed by atoms with Crippen LogP contribution in [0.25, 0.3) is 22.6 Å². The van der Waals surface area contributed by atoms with Gasteiger partial charge in [-0.15, -0.1) is 10.2 Å². The maximum absolute atomic E-state index is 12.2. The normalized spacial score (nSPS) is 20.5. The molecule has 136 valence electrons. The number of aryl methyl sites for hydroxylation is 1. The van der Waals surface area contributed by atoms with Crippen LogP contribution in [0.5, 0.6) is 0 Å². The molecule has 5 rings (SSSR count). The number of amides is 1. The van der Waals surface area contributed by atoms with Gasteiger partial charge in [0, 0.05) is 11.8 Å². The van der Waals surface area contributed by atoms with Gasteiger partial charge in [0.1, 0.15) is 11.8 Å². The van der Waals surface area contributed by atoms with Gasteiger partial charge in [-0.05, 0) is 47.4 Å². The Balaban J connectivity index is 1.45. The smallest absolute Gasteiger partial charge is 0.415 e. The van der Waals surface area contributed by atoms with Crippen LogP contribution in [0.15, 0.2) is 36.5 Å². The molecule has 1 fully saturated rings. The molecule has 0 spiro atoms. The van der Waals surface area contributed by atoms with E-state index in [1.54, 1.807) is 11.9 Å². The molecule has 27 heavy (non-hydrogen) atoms. The number of anilines is 1. The molecule has 1 saturated heterocycles. The lowest BCUT2D eigenvalue weighted by molar-refractivity contribution is 0.129. The number of fused-ring (bicyclic) bond motifs is 3. The van der Waals surface area contributed by atoms with Crippen LogP contribution in [0.2, 0.25) is 0 Å². The van der Waals surface area contributed by atoms with E-state index in [1.807, 2.05) is 30.5 Å². The minimum absolute atomic E-state index is 0.0335. The minimum Gasteiger partial charge on any atom is -0.444 e. The van der Waals surface area contributed by atoms with Crippen molar-refractivity contribution >= 4 is 11.8 Å². The fraction of sp³-hybridized carbons (Fsp3) is 0.316. The number of aromatic nitrogens is 5. The molecule has 2 aromatic heterocycles. The lowest BCUT2D eigenvalue weighted by Crippen LogP contribution is -2.32. The summed E-state index contributed by atoms with van der Waals surface area (Å²) in [6.07, 6.45) is 3.19. The Labute approximate surface area is 155 Å². The quantitative estimate of drug-likeness (QED) is 0.712. The molecule has 2 atom stereocenters. The molecule has 0 saturated carbocycles. The van der Waals surface area contributed by atoms with E-state index < -0.39 is 0 Å². The Hall–Kier alpha value is -3.29. The van der Waals surface area contributed by atoms with Crippen molar-refractivity contribution in [2.75, 3.05) is 4.90 Å². The summed E-state index contributed by atoms with van der Waals surface area (Å²) in [6.45, 7) is 2.05. The third-order valence-electron chi connectivity index (χ3n) is 5.21. The molecule has 8 nitrogen and oxygen atoms in total. The molecule has 0 aliphatic carbocycles. The molecule has 4 heterocycles. The predicted molar refractivity (Wildman–Crippen MR) is 98.0 cm³/mol. The van der Waals surface area contributed by atoms with Crippen molar-refractivity contribution in [2.45, 2.75) is 31.9 Å². The Morgan fingerprint density at radius 3 is 2.78 bits per heavy atom. The fourth-order valence-corrected chi connectivity index (χ4v) is 3.89. The SMILES string of the molecule is CCC1OC(=O)N2c3ccc(-c4ccc(-c5nnn(C)n5)nc4)cc3CC12. The van der Waals surface area contributed by atoms with E-state index in [1.165, 1.54) is 10.4 Å². The second kappa shape index (κ2) is 5.87. The number of carbonyl (C=O) groups excluding carboxylic acids is 1. The number of hydrogen-bond donors (Lipinski definition) is 0. The summed E-state index contributed by atoms with van der Waals surface area (Å²) in [5.41, 5.74) is 4.89. The molecule has 3 aromatic rings. The summed E-state index contributed by atoms with van der Waals surface area (Å²) >= 11 is 0. The van der Waals surface area contributed by atoms with Gasteiger partial charge in [-0.2, -0.15) is 4.80 Å². The van der Waals surface area contributed by atoms with Crippen molar-refractivity contribution in [3.63, 3.8) is 0 Å². The van der Waals surface area contributed by atoms with Crippen LogP contribution in [0, 0.1) is 0 Å². The first-order valence-corrected chi connectivity index (χ1v) is 8.97. The number of benzene rings is 1. The number of nitrogens with zero attached hydrogens (tertiary/aromatic N) is 6. The number of rotatable bonds is 3.